The summed E-state index contributed by atoms with van der Waals surface area (Å²) in [5, 5.41) is 16.9. The van der Waals surface area contributed by atoms with Gasteiger partial charge in [0, 0.05) is 26.7 Å². The number of aromatic hydroxyl groups is 1. The lowest BCUT2D eigenvalue weighted by molar-refractivity contribution is 0.102. The summed E-state index contributed by atoms with van der Waals surface area (Å²) in [7, 11) is 0. The lowest BCUT2D eigenvalue weighted by atomic mass is 10.1. The minimum absolute atomic E-state index is 0.191. The quantitative estimate of drug-likeness (QED) is 0.218. The summed E-state index contributed by atoms with van der Waals surface area (Å²) in [6.07, 6.45) is 1.50. The van der Waals surface area contributed by atoms with Crippen molar-refractivity contribution in [3.05, 3.63) is 103 Å². The number of phenolic OH excluding ortho intramolecular Hbond substituents is 1. The predicted octanol–water partition coefficient (Wildman–Crippen LogP) is 7.00. The number of fused-ring (bicyclic) bond motifs is 1. The van der Waals surface area contributed by atoms with Gasteiger partial charge in [0.25, 0.3) is 5.91 Å². The highest BCUT2D eigenvalue weighted by Crippen LogP contribution is 2.38. The van der Waals surface area contributed by atoms with E-state index in [2.05, 4.69) is 39.4 Å². The molecule has 2 aromatic heterocycles. The van der Waals surface area contributed by atoms with E-state index in [0.717, 1.165) is 26.6 Å². The predicted molar refractivity (Wildman–Crippen MR) is 148 cm³/mol. The Hall–Kier alpha value is -4.43. The highest BCUT2D eigenvalue weighted by atomic mass is 32.2. The van der Waals surface area contributed by atoms with Crippen molar-refractivity contribution in [3.8, 4) is 5.75 Å². The second-order valence-electron chi connectivity index (χ2n) is 8.74. The van der Waals surface area contributed by atoms with Crippen LogP contribution in [0.3, 0.4) is 0 Å². The van der Waals surface area contributed by atoms with Crippen molar-refractivity contribution in [2.45, 2.75) is 29.6 Å². The number of benzene rings is 3. The van der Waals surface area contributed by atoms with Crippen LogP contribution in [0.2, 0.25) is 0 Å². The molecule has 1 amide bonds. The molecule has 3 aromatic carbocycles. The van der Waals surface area contributed by atoms with Crippen LogP contribution in [0.25, 0.3) is 11.0 Å². The Morgan fingerprint density at radius 3 is 2.46 bits per heavy atom. The van der Waals surface area contributed by atoms with Crippen LogP contribution < -0.4 is 10.6 Å². The third kappa shape index (κ3) is 5.70. The molecule has 0 bridgehead atoms. The largest absolute Gasteiger partial charge is 0.508 e. The Kier molecular flexibility index (Phi) is 7.00. The van der Waals surface area contributed by atoms with Gasteiger partial charge < -0.3 is 15.7 Å². The smallest absolute Gasteiger partial charge is 0.255 e. The Balaban J connectivity index is 1.51. The summed E-state index contributed by atoms with van der Waals surface area (Å²) in [4.78, 5) is 28.2. The Bertz CT molecular complexity index is 1560. The van der Waals surface area contributed by atoms with Gasteiger partial charge in [-0.2, -0.15) is 0 Å². The van der Waals surface area contributed by atoms with Gasteiger partial charge >= 0.3 is 0 Å². The van der Waals surface area contributed by atoms with Crippen molar-refractivity contribution in [1.29, 1.82) is 0 Å². The molecule has 0 aliphatic rings. The number of carbonyl (C=O) groups is 1. The van der Waals surface area contributed by atoms with E-state index in [1.807, 2.05) is 60.7 Å². The SMILES string of the molecule is CC(C)c1ccc2c(Nc3cc(NC(=O)c4ccccc4)ccc3Sc3ccc(O)cc3)ncnc2n1. The van der Waals surface area contributed by atoms with Gasteiger partial charge in [0.1, 0.15) is 17.9 Å². The molecular weight excluding hydrogens is 482 g/mol. The molecular formula is C29H25N5O2S. The van der Waals surface area contributed by atoms with Crippen molar-refractivity contribution >= 4 is 45.9 Å². The summed E-state index contributed by atoms with van der Waals surface area (Å²) in [6, 6.07) is 25.8. The molecule has 0 saturated heterocycles. The Labute approximate surface area is 219 Å². The molecule has 0 aliphatic carbocycles. The second-order valence-corrected chi connectivity index (χ2v) is 9.85. The maximum absolute atomic E-state index is 12.8. The molecule has 0 unspecified atom stereocenters. The molecule has 184 valence electrons. The van der Waals surface area contributed by atoms with E-state index in [0.29, 0.717) is 22.7 Å². The molecule has 0 radical (unpaired) electrons. The molecule has 7 nitrogen and oxygen atoms in total. The standard InChI is InChI=1S/C29H25N5O2S/c1-18(2)24-14-13-23-27(33-24)30-17-31-28(23)34-25-16-20(32-29(36)19-6-4-3-5-7-19)8-15-26(25)37-22-11-9-21(35)10-12-22/h3-18,35H,1-2H3,(H,32,36)(H,30,31,33,34). The molecule has 3 N–H and O–H groups in total. The van der Waals surface area contributed by atoms with Gasteiger partial charge in [-0.1, -0.05) is 43.8 Å². The number of aromatic nitrogens is 3. The van der Waals surface area contributed by atoms with Gasteiger partial charge in [-0.3, -0.25) is 4.79 Å². The highest BCUT2D eigenvalue weighted by Gasteiger charge is 2.13. The van der Waals surface area contributed by atoms with E-state index in [1.165, 1.54) is 18.1 Å². The molecule has 0 fully saturated rings. The molecule has 0 atom stereocenters. The number of nitrogens with one attached hydrogen (secondary N) is 2. The number of carbonyl (C=O) groups excluding carboxylic acids is 1. The van der Waals surface area contributed by atoms with E-state index >= 15 is 0 Å². The molecule has 0 aliphatic heterocycles. The zero-order valence-electron chi connectivity index (χ0n) is 20.3. The minimum atomic E-state index is -0.191. The lowest BCUT2D eigenvalue weighted by Gasteiger charge is -2.15. The summed E-state index contributed by atoms with van der Waals surface area (Å²) in [5.74, 6) is 0.923. The fourth-order valence-corrected chi connectivity index (χ4v) is 4.62. The van der Waals surface area contributed by atoms with Crippen LogP contribution in [-0.4, -0.2) is 26.0 Å². The first kappa shape index (κ1) is 24.3. The van der Waals surface area contributed by atoms with Crippen LogP contribution in [0.5, 0.6) is 5.75 Å². The van der Waals surface area contributed by atoms with E-state index < -0.39 is 0 Å². The molecule has 0 spiro atoms. The fourth-order valence-electron chi connectivity index (χ4n) is 3.73. The number of amides is 1. The van der Waals surface area contributed by atoms with E-state index in [1.54, 1.807) is 24.3 Å². The zero-order valence-corrected chi connectivity index (χ0v) is 21.2. The number of anilines is 3. The first-order valence-electron chi connectivity index (χ1n) is 11.8. The van der Waals surface area contributed by atoms with E-state index in [4.69, 9.17) is 0 Å². The number of rotatable bonds is 7. The monoisotopic (exact) mass is 507 g/mol. The lowest BCUT2D eigenvalue weighted by Crippen LogP contribution is -2.11. The highest BCUT2D eigenvalue weighted by molar-refractivity contribution is 7.99. The van der Waals surface area contributed by atoms with Gasteiger partial charge in [-0.15, -0.1) is 0 Å². The van der Waals surface area contributed by atoms with E-state index in [-0.39, 0.29) is 17.6 Å². The maximum Gasteiger partial charge on any atom is 0.255 e. The van der Waals surface area contributed by atoms with Crippen LogP contribution in [-0.2, 0) is 0 Å². The number of phenols is 1. The fraction of sp³-hybridized carbons (Fsp3) is 0.103. The van der Waals surface area contributed by atoms with Crippen LogP contribution in [0, 0.1) is 0 Å². The third-order valence-corrected chi connectivity index (χ3v) is 6.78. The molecule has 8 heteroatoms. The van der Waals surface area contributed by atoms with Gasteiger partial charge in [-0.25, -0.2) is 15.0 Å². The topological polar surface area (TPSA) is 100 Å². The number of hydrogen-bond donors (Lipinski definition) is 3. The third-order valence-electron chi connectivity index (χ3n) is 5.70. The van der Waals surface area contributed by atoms with E-state index in [9.17, 15) is 9.90 Å². The number of nitrogens with zero attached hydrogens (tertiary/aromatic N) is 3. The first-order valence-corrected chi connectivity index (χ1v) is 12.6. The van der Waals surface area contributed by atoms with Crippen LogP contribution in [0.1, 0.15) is 35.8 Å². The summed E-state index contributed by atoms with van der Waals surface area (Å²) >= 11 is 1.53. The van der Waals surface area contributed by atoms with Crippen molar-refractivity contribution < 1.29 is 9.90 Å². The molecule has 2 heterocycles. The minimum Gasteiger partial charge on any atom is -0.508 e. The van der Waals surface area contributed by atoms with Crippen LogP contribution in [0.15, 0.2) is 101 Å². The van der Waals surface area contributed by atoms with Crippen molar-refractivity contribution in [1.82, 2.24) is 15.0 Å². The van der Waals surface area contributed by atoms with Crippen molar-refractivity contribution in [2.24, 2.45) is 0 Å². The van der Waals surface area contributed by atoms with Crippen LogP contribution >= 0.6 is 11.8 Å². The van der Waals surface area contributed by atoms with Gasteiger partial charge in [0.15, 0.2) is 5.65 Å². The Morgan fingerprint density at radius 1 is 0.919 bits per heavy atom. The molecule has 0 saturated carbocycles. The summed E-state index contributed by atoms with van der Waals surface area (Å²) < 4.78 is 0. The number of hydrogen-bond acceptors (Lipinski definition) is 7. The van der Waals surface area contributed by atoms with Crippen molar-refractivity contribution in [2.75, 3.05) is 10.6 Å². The van der Waals surface area contributed by atoms with Gasteiger partial charge in [-0.05, 0) is 72.6 Å². The Morgan fingerprint density at radius 2 is 1.70 bits per heavy atom. The maximum atomic E-state index is 12.8. The first-order chi connectivity index (χ1) is 18.0. The molecule has 5 rings (SSSR count). The summed E-state index contributed by atoms with van der Waals surface area (Å²) in [5.41, 5.74) is 3.56. The van der Waals surface area contributed by atoms with Gasteiger partial charge in [0.2, 0.25) is 0 Å². The van der Waals surface area contributed by atoms with Crippen LogP contribution in [0.4, 0.5) is 17.2 Å². The average molecular weight is 508 g/mol. The molecule has 5 aromatic rings. The normalized spacial score (nSPS) is 11.0. The average Bonchev–Trinajstić information content (AvgIpc) is 2.91. The zero-order chi connectivity index (χ0) is 25.8. The van der Waals surface area contributed by atoms with Gasteiger partial charge in [0.05, 0.1) is 11.1 Å². The van der Waals surface area contributed by atoms with Crippen molar-refractivity contribution in [3.63, 3.8) is 0 Å². The second kappa shape index (κ2) is 10.7. The summed E-state index contributed by atoms with van der Waals surface area (Å²) in [6.45, 7) is 4.19. The number of pyridine rings is 1. The molecule has 37 heavy (non-hydrogen) atoms.